The first-order valence-corrected chi connectivity index (χ1v) is 10.1. The van der Waals surface area contributed by atoms with Crippen LogP contribution in [0.3, 0.4) is 0 Å². The van der Waals surface area contributed by atoms with Crippen LogP contribution >= 0.6 is 0 Å². The van der Waals surface area contributed by atoms with Crippen LogP contribution in [0.5, 0.6) is 0 Å². The van der Waals surface area contributed by atoms with E-state index in [-0.39, 0.29) is 10.8 Å². The van der Waals surface area contributed by atoms with Gasteiger partial charge in [0.1, 0.15) is 6.04 Å². The number of amides is 1. The van der Waals surface area contributed by atoms with Crippen LogP contribution in [0.25, 0.3) is 0 Å². The molecule has 0 saturated carbocycles. The standard InChI is InChI=1S/C18H28N2O6S/c1-12(2)17(18(22)26-11-16(21)19-8-9-25-5)20-27(23,24)15-7-6-13(3)14(4)10-15/h6-7,10,12,17,20H,8-9,11H2,1-5H3,(H,19,21)/t17-/m0/s1. The molecule has 0 aliphatic carbocycles. The highest BCUT2D eigenvalue weighted by Crippen LogP contribution is 2.16. The van der Waals surface area contributed by atoms with Crippen molar-refractivity contribution in [3.63, 3.8) is 0 Å². The van der Waals surface area contributed by atoms with Gasteiger partial charge in [0.25, 0.3) is 5.91 Å². The number of ether oxygens (including phenoxy) is 2. The van der Waals surface area contributed by atoms with Gasteiger partial charge in [0.2, 0.25) is 10.0 Å². The average Bonchev–Trinajstić information content (AvgIpc) is 2.60. The van der Waals surface area contributed by atoms with Gasteiger partial charge in [-0.2, -0.15) is 4.72 Å². The molecule has 9 heteroatoms. The lowest BCUT2D eigenvalue weighted by atomic mass is 10.1. The van der Waals surface area contributed by atoms with Crippen molar-refractivity contribution in [3.05, 3.63) is 29.3 Å². The molecular formula is C18H28N2O6S. The van der Waals surface area contributed by atoms with E-state index in [4.69, 9.17) is 9.47 Å². The molecular weight excluding hydrogens is 372 g/mol. The fourth-order valence-corrected chi connectivity index (χ4v) is 3.56. The van der Waals surface area contributed by atoms with Crippen LogP contribution < -0.4 is 10.0 Å². The van der Waals surface area contributed by atoms with Gasteiger partial charge < -0.3 is 14.8 Å². The largest absolute Gasteiger partial charge is 0.454 e. The highest BCUT2D eigenvalue weighted by Gasteiger charge is 2.30. The molecule has 1 amide bonds. The molecule has 0 heterocycles. The highest BCUT2D eigenvalue weighted by atomic mass is 32.2. The number of aryl methyl sites for hydroxylation is 2. The number of hydrogen-bond donors (Lipinski definition) is 2. The Labute approximate surface area is 160 Å². The molecule has 152 valence electrons. The summed E-state index contributed by atoms with van der Waals surface area (Å²) in [4.78, 5) is 24.0. The SMILES string of the molecule is COCCNC(=O)COC(=O)[C@@H](NS(=O)(=O)c1ccc(C)c(C)c1)C(C)C. The van der Waals surface area contributed by atoms with Crippen molar-refractivity contribution < 1.29 is 27.5 Å². The van der Waals surface area contributed by atoms with Crippen molar-refractivity contribution in [2.45, 2.75) is 38.6 Å². The zero-order valence-electron chi connectivity index (χ0n) is 16.4. The minimum atomic E-state index is -3.91. The Morgan fingerprint density at radius 1 is 1.15 bits per heavy atom. The summed E-state index contributed by atoms with van der Waals surface area (Å²) in [5.74, 6) is -1.66. The topological polar surface area (TPSA) is 111 Å². The molecule has 1 aromatic carbocycles. The monoisotopic (exact) mass is 400 g/mol. The highest BCUT2D eigenvalue weighted by molar-refractivity contribution is 7.89. The summed E-state index contributed by atoms with van der Waals surface area (Å²) in [6.07, 6.45) is 0. The molecule has 1 aromatic rings. The first kappa shape index (κ1) is 23.1. The number of nitrogens with one attached hydrogen (secondary N) is 2. The molecule has 0 aliphatic rings. The molecule has 0 radical (unpaired) electrons. The second-order valence-corrected chi connectivity index (χ2v) is 8.25. The fourth-order valence-electron chi connectivity index (χ4n) is 2.14. The average molecular weight is 400 g/mol. The van der Waals surface area contributed by atoms with Crippen LogP contribution in [0.15, 0.2) is 23.1 Å². The molecule has 0 spiro atoms. The molecule has 0 aromatic heterocycles. The Balaban J connectivity index is 2.78. The summed E-state index contributed by atoms with van der Waals surface area (Å²) >= 11 is 0. The van der Waals surface area contributed by atoms with Gasteiger partial charge in [-0.3, -0.25) is 9.59 Å². The summed E-state index contributed by atoms with van der Waals surface area (Å²) in [5, 5.41) is 2.51. The predicted molar refractivity (Wildman–Crippen MR) is 101 cm³/mol. The smallest absolute Gasteiger partial charge is 0.324 e. The maximum atomic E-state index is 12.6. The zero-order valence-corrected chi connectivity index (χ0v) is 17.2. The summed E-state index contributed by atoms with van der Waals surface area (Å²) < 4.78 is 37.4. The normalized spacial score (nSPS) is 12.7. The van der Waals surface area contributed by atoms with E-state index in [1.54, 1.807) is 26.0 Å². The van der Waals surface area contributed by atoms with Crippen molar-refractivity contribution in [2.24, 2.45) is 5.92 Å². The van der Waals surface area contributed by atoms with Crippen LogP contribution in [-0.4, -0.2) is 53.2 Å². The van der Waals surface area contributed by atoms with E-state index in [0.717, 1.165) is 11.1 Å². The van der Waals surface area contributed by atoms with Gasteiger partial charge in [0.15, 0.2) is 6.61 Å². The summed E-state index contributed by atoms with van der Waals surface area (Å²) in [7, 11) is -2.41. The summed E-state index contributed by atoms with van der Waals surface area (Å²) in [5.41, 5.74) is 1.79. The predicted octanol–water partition coefficient (Wildman–Crippen LogP) is 0.912. The van der Waals surface area contributed by atoms with E-state index in [9.17, 15) is 18.0 Å². The van der Waals surface area contributed by atoms with Crippen LogP contribution in [-0.2, 0) is 29.1 Å². The fraction of sp³-hybridized carbons (Fsp3) is 0.556. The Hall–Kier alpha value is -1.97. The number of rotatable bonds is 10. The third kappa shape index (κ3) is 7.28. The Morgan fingerprint density at radius 2 is 1.81 bits per heavy atom. The maximum Gasteiger partial charge on any atom is 0.324 e. The van der Waals surface area contributed by atoms with E-state index < -0.39 is 34.5 Å². The third-order valence-corrected chi connectivity index (χ3v) is 5.40. The molecule has 0 unspecified atom stereocenters. The second-order valence-electron chi connectivity index (χ2n) is 6.54. The van der Waals surface area contributed by atoms with E-state index in [2.05, 4.69) is 10.0 Å². The maximum absolute atomic E-state index is 12.6. The third-order valence-electron chi connectivity index (χ3n) is 3.97. The number of sulfonamides is 1. The van der Waals surface area contributed by atoms with Crippen LogP contribution in [0.4, 0.5) is 0 Å². The van der Waals surface area contributed by atoms with Gasteiger partial charge in [0, 0.05) is 13.7 Å². The number of hydrogen-bond acceptors (Lipinski definition) is 6. The quantitative estimate of drug-likeness (QED) is 0.446. The van der Waals surface area contributed by atoms with E-state index >= 15 is 0 Å². The Kier molecular flexibility index (Phi) is 8.87. The van der Waals surface area contributed by atoms with E-state index in [0.29, 0.717) is 13.2 Å². The van der Waals surface area contributed by atoms with Gasteiger partial charge in [-0.05, 0) is 43.0 Å². The lowest BCUT2D eigenvalue weighted by Crippen LogP contribution is -2.46. The number of esters is 1. The van der Waals surface area contributed by atoms with Crippen LogP contribution in [0, 0.1) is 19.8 Å². The molecule has 0 bridgehead atoms. The summed E-state index contributed by atoms with van der Waals surface area (Å²) in [6, 6.07) is 3.63. The van der Waals surface area contributed by atoms with Crippen molar-refractivity contribution >= 4 is 21.9 Å². The first-order valence-electron chi connectivity index (χ1n) is 8.60. The van der Waals surface area contributed by atoms with Crippen molar-refractivity contribution in [2.75, 3.05) is 26.9 Å². The lowest BCUT2D eigenvalue weighted by Gasteiger charge is -2.21. The van der Waals surface area contributed by atoms with Gasteiger partial charge in [-0.25, -0.2) is 8.42 Å². The van der Waals surface area contributed by atoms with Crippen molar-refractivity contribution in [1.29, 1.82) is 0 Å². The molecule has 0 aliphatic heterocycles. The molecule has 8 nitrogen and oxygen atoms in total. The van der Waals surface area contributed by atoms with Crippen LogP contribution in [0.2, 0.25) is 0 Å². The second kappa shape index (κ2) is 10.4. The Bertz CT molecular complexity index is 761. The molecule has 0 saturated heterocycles. The Morgan fingerprint density at radius 3 is 2.37 bits per heavy atom. The molecule has 2 N–H and O–H groups in total. The number of benzene rings is 1. The minimum Gasteiger partial charge on any atom is -0.454 e. The summed E-state index contributed by atoms with van der Waals surface area (Å²) in [6.45, 7) is 7.21. The van der Waals surface area contributed by atoms with Crippen molar-refractivity contribution in [3.8, 4) is 0 Å². The van der Waals surface area contributed by atoms with Crippen molar-refractivity contribution in [1.82, 2.24) is 10.0 Å². The van der Waals surface area contributed by atoms with Gasteiger partial charge in [0.05, 0.1) is 11.5 Å². The number of carbonyl (C=O) groups excluding carboxylic acids is 2. The van der Waals surface area contributed by atoms with Gasteiger partial charge >= 0.3 is 5.97 Å². The molecule has 1 rings (SSSR count). The van der Waals surface area contributed by atoms with Crippen LogP contribution in [0.1, 0.15) is 25.0 Å². The molecule has 0 fully saturated rings. The van der Waals surface area contributed by atoms with E-state index in [1.165, 1.54) is 13.2 Å². The first-order chi connectivity index (χ1) is 12.6. The number of carbonyl (C=O) groups is 2. The lowest BCUT2D eigenvalue weighted by molar-refractivity contribution is -0.151. The zero-order chi connectivity index (χ0) is 20.6. The van der Waals surface area contributed by atoms with Gasteiger partial charge in [-0.1, -0.05) is 19.9 Å². The molecule has 1 atom stereocenters. The van der Waals surface area contributed by atoms with Gasteiger partial charge in [-0.15, -0.1) is 0 Å². The van der Waals surface area contributed by atoms with E-state index in [1.807, 2.05) is 13.8 Å². The molecule has 27 heavy (non-hydrogen) atoms. The number of methoxy groups -OCH3 is 1. The minimum absolute atomic E-state index is 0.0707.